The summed E-state index contributed by atoms with van der Waals surface area (Å²) in [4.78, 5) is 23.0. The third-order valence-corrected chi connectivity index (χ3v) is 2.48. The topological polar surface area (TPSA) is 71.1 Å². The molecule has 0 saturated heterocycles. The highest BCUT2D eigenvalue weighted by molar-refractivity contribution is 5.89. The van der Waals surface area contributed by atoms with Crippen LogP contribution in [0.4, 0.5) is 0 Å². The lowest BCUT2D eigenvalue weighted by Crippen LogP contribution is -2.27. The molecule has 0 saturated carbocycles. The molecule has 6 heteroatoms. The number of hydrogen-bond donors (Lipinski definition) is 0. The van der Waals surface area contributed by atoms with Gasteiger partial charge in [0.1, 0.15) is 18.8 Å². The number of ether oxygens (including phenoxy) is 4. The molecule has 0 unspecified atom stereocenters. The van der Waals surface area contributed by atoms with Crippen LogP contribution < -0.4 is 0 Å². The zero-order chi connectivity index (χ0) is 17.1. The number of carbonyl (C=O) groups is 2. The fourth-order valence-corrected chi connectivity index (χ4v) is 1.60. The second kappa shape index (κ2) is 9.97. The molecule has 128 valence electrons. The van der Waals surface area contributed by atoms with Crippen molar-refractivity contribution in [2.24, 2.45) is 0 Å². The van der Waals surface area contributed by atoms with Crippen LogP contribution in [0.3, 0.4) is 0 Å². The molecule has 0 atom stereocenters. The van der Waals surface area contributed by atoms with E-state index in [1.165, 1.54) is 0 Å². The summed E-state index contributed by atoms with van der Waals surface area (Å²) in [6, 6.07) is 8.75. The van der Waals surface area contributed by atoms with Crippen LogP contribution in [0.1, 0.15) is 31.1 Å². The first kappa shape index (κ1) is 19.1. The van der Waals surface area contributed by atoms with Gasteiger partial charge < -0.3 is 18.9 Å². The number of hydrogen-bond acceptors (Lipinski definition) is 6. The first-order chi connectivity index (χ1) is 10.9. The van der Waals surface area contributed by atoms with E-state index in [1.54, 1.807) is 45.0 Å². The Balaban J connectivity index is 1.98. The fraction of sp³-hybridized carbons (Fsp3) is 0.529. The zero-order valence-corrected chi connectivity index (χ0v) is 13.9. The van der Waals surface area contributed by atoms with E-state index in [-0.39, 0.29) is 32.4 Å². The maximum absolute atomic E-state index is 11.6. The van der Waals surface area contributed by atoms with E-state index in [2.05, 4.69) is 0 Å². The van der Waals surface area contributed by atoms with Crippen LogP contribution in [0.2, 0.25) is 0 Å². The largest absolute Gasteiger partial charge is 0.460 e. The third-order valence-electron chi connectivity index (χ3n) is 2.48. The monoisotopic (exact) mass is 324 g/mol. The molecule has 0 bridgehead atoms. The van der Waals surface area contributed by atoms with Gasteiger partial charge in [0.15, 0.2) is 0 Å². The molecule has 0 aliphatic rings. The average Bonchev–Trinajstić information content (AvgIpc) is 2.48. The first-order valence-electron chi connectivity index (χ1n) is 7.48. The van der Waals surface area contributed by atoms with Gasteiger partial charge in [-0.15, -0.1) is 0 Å². The van der Waals surface area contributed by atoms with E-state index < -0.39 is 11.6 Å². The molecular formula is C17H24O6. The summed E-state index contributed by atoms with van der Waals surface area (Å²) in [5.41, 5.74) is -0.00673. The van der Waals surface area contributed by atoms with Crippen LogP contribution in [0.25, 0.3) is 0 Å². The third kappa shape index (κ3) is 9.65. The molecule has 0 N–H and O–H groups in total. The van der Waals surface area contributed by atoms with Gasteiger partial charge >= 0.3 is 11.9 Å². The van der Waals surface area contributed by atoms with Crippen molar-refractivity contribution in [2.45, 2.75) is 26.4 Å². The summed E-state index contributed by atoms with van der Waals surface area (Å²) in [5.74, 6) is -0.787. The summed E-state index contributed by atoms with van der Waals surface area (Å²) in [7, 11) is 0. The number of esters is 2. The van der Waals surface area contributed by atoms with Crippen LogP contribution in [-0.2, 0) is 23.7 Å². The van der Waals surface area contributed by atoms with Crippen LogP contribution in [0.15, 0.2) is 30.3 Å². The molecule has 0 radical (unpaired) electrons. The predicted molar refractivity (Wildman–Crippen MR) is 84.2 cm³/mol. The van der Waals surface area contributed by atoms with Gasteiger partial charge in [0.2, 0.25) is 0 Å². The van der Waals surface area contributed by atoms with Crippen molar-refractivity contribution in [1.82, 2.24) is 0 Å². The standard InChI is InChI=1S/C17H24O6/c1-17(2,3)23-15(18)13-21-10-9-20-11-12-22-16(19)14-7-5-4-6-8-14/h4-8H,9-13H2,1-3H3. The average molecular weight is 324 g/mol. The van der Waals surface area contributed by atoms with Crippen LogP contribution in [0, 0.1) is 0 Å². The van der Waals surface area contributed by atoms with Crippen molar-refractivity contribution >= 4 is 11.9 Å². The Bertz CT molecular complexity index is 478. The zero-order valence-electron chi connectivity index (χ0n) is 13.9. The Hall–Kier alpha value is -1.92. The Labute approximate surface area is 136 Å². The van der Waals surface area contributed by atoms with Crippen molar-refractivity contribution in [3.8, 4) is 0 Å². The lowest BCUT2D eigenvalue weighted by molar-refractivity contribution is -0.160. The van der Waals surface area contributed by atoms with Gasteiger partial charge in [0.05, 0.1) is 25.4 Å². The SMILES string of the molecule is CC(C)(C)OC(=O)COCCOCCOC(=O)c1ccccc1. The van der Waals surface area contributed by atoms with E-state index in [0.717, 1.165) is 0 Å². The number of carbonyl (C=O) groups excluding carboxylic acids is 2. The van der Waals surface area contributed by atoms with Crippen molar-refractivity contribution in [2.75, 3.05) is 33.0 Å². The van der Waals surface area contributed by atoms with Gasteiger partial charge in [-0.25, -0.2) is 9.59 Å². The maximum atomic E-state index is 11.6. The highest BCUT2D eigenvalue weighted by atomic mass is 16.6. The fourth-order valence-electron chi connectivity index (χ4n) is 1.60. The maximum Gasteiger partial charge on any atom is 0.338 e. The van der Waals surface area contributed by atoms with Gasteiger partial charge in [0, 0.05) is 0 Å². The van der Waals surface area contributed by atoms with Gasteiger partial charge in [-0.2, -0.15) is 0 Å². The van der Waals surface area contributed by atoms with E-state index in [4.69, 9.17) is 18.9 Å². The summed E-state index contributed by atoms with van der Waals surface area (Å²) in [5, 5.41) is 0. The highest BCUT2D eigenvalue weighted by Crippen LogP contribution is 2.06. The molecule has 0 aliphatic heterocycles. The van der Waals surface area contributed by atoms with Crippen molar-refractivity contribution in [3.05, 3.63) is 35.9 Å². The second-order valence-electron chi connectivity index (χ2n) is 5.75. The van der Waals surface area contributed by atoms with E-state index >= 15 is 0 Å². The minimum atomic E-state index is -0.514. The molecule has 6 nitrogen and oxygen atoms in total. The van der Waals surface area contributed by atoms with Crippen LogP contribution in [-0.4, -0.2) is 50.6 Å². The molecule has 0 fully saturated rings. The Morgan fingerprint density at radius 1 is 0.913 bits per heavy atom. The molecule has 1 aromatic rings. The minimum absolute atomic E-state index is 0.108. The Kier molecular flexibility index (Phi) is 8.29. The van der Waals surface area contributed by atoms with E-state index in [1.807, 2.05) is 6.07 Å². The second-order valence-corrected chi connectivity index (χ2v) is 5.75. The quantitative estimate of drug-likeness (QED) is 0.512. The summed E-state index contributed by atoms with van der Waals surface area (Å²) < 4.78 is 20.5. The molecule has 0 heterocycles. The lowest BCUT2D eigenvalue weighted by atomic mass is 10.2. The summed E-state index contributed by atoms with van der Waals surface area (Å²) in [6.07, 6.45) is 0. The van der Waals surface area contributed by atoms with Crippen LogP contribution >= 0.6 is 0 Å². The minimum Gasteiger partial charge on any atom is -0.460 e. The molecule has 23 heavy (non-hydrogen) atoms. The van der Waals surface area contributed by atoms with E-state index in [0.29, 0.717) is 12.2 Å². The predicted octanol–water partition coefficient (Wildman–Crippen LogP) is 2.22. The Morgan fingerprint density at radius 2 is 1.52 bits per heavy atom. The van der Waals surface area contributed by atoms with E-state index in [9.17, 15) is 9.59 Å². The van der Waals surface area contributed by atoms with Crippen molar-refractivity contribution in [1.29, 1.82) is 0 Å². The normalized spacial score (nSPS) is 11.1. The number of rotatable bonds is 9. The summed E-state index contributed by atoms with van der Waals surface area (Å²) in [6.45, 7) is 6.30. The summed E-state index contributed by atoms with van der Waals surface area (Å²) >= 11 is 0. The van der Waals surface area contributed by atoms with Crippen molar-refractivity contribution < 1.29 is 28.5 Å². The smallest absolute Gasteiger partial charge is 0.338 e. The molecule has 1 rings (SSSR count). The van der Waals surface area contributed by atoms with Gasteiger partial charge in [-0.3, -0.25) is 0 Å². The molecule has 0 spiro atoms. The van der Waals surface area contributed by atoms with Gasteiger partial charge in [0.25, 0.3) is 0 Å². The Morgan fingerprint density at radius 3 is 2.17 bits per heavy atom. The first-order valence-corrected chi connectivity index (χ1v) is 7.48. The van der Waals surface area contributed by atoms with Gasteiger partial charge in [-0.05, 0) is 32.9 Å². The molecule has 1 aromatic carbocycles. The lowest BCUT2D eigenvalue weighted by Gasteiger charge is -2.19. The van der Waals surface area contributed by atoms with Gasteiger partial charge in [-0.1, -0.05) is 18.2 Å². The van der Waals surface area contributed by atoms with Crippen LogP contribution in [0.5, 0.6) is 0 Å². The molecular weight excluding hydrogens is 300 g/mol. The molecule has 0 aromatic heterocycles. The molecule has 0 aliphatic carbocycles. The number of benzene rings is 1. The van der Waals surface area contributed by atoms with Crippen molar-refractivity contribution in [3.63, 3.8) is 0 Å². The molecule has 0 amide bonds. The highest BCUT2D eigenvalue weighted by Gasteiger charge is 2.15.